The van der Waals surface area contributed by atoms with Crippen molar-refractivity contribution >= 4 is 0 Å². The topological polar surface area (TPSA) is 29.3 Å². The van der Waals surface area contributed by atoms with Gasteiger partial charge in [-0.25, -0.2) is 0 Å². The number of likely N-dealkylation sites (N-methyl/N-ethyl adjacent to an activating group) is 1. The van der Waals surface area contributed by atoms with Gasteiger partial charge in [0, 0.05) is 18.6 Å². The third-order valence-corrected chi connectivity index (χ3v) is 4.35. The minimum atomic E-state index is 0.357. The van der Waals surface area contributed by atoms with Gasteiger partial charge in [0.05, 0.1) is 0 Å². The smallest absolute Gasteiger partial charge is 0.0247 e. The van der Waals surface area contributed by atoms with E-state index >= 15 is 0 Å². The van der Waals surface area contributed by atoms with Crippen LogP contribution in [0.2, 0.25) is 0 Å². The Morgan fingerprint density at radius 1 is 1.17 bits per heavy atom. The molecular weight excluding hydrogens is 220 g/mol. The average molecular weight is 246 g/mol. The first-order valence-electron chi connectivity index (χ1n) is 7.10. The molecular formula is C16H26N2. The van der Waals surface area contributed by atoms with E-state index in [1.165, 1.54) is 42.4 Å². The number of rotatable bonds is 3. The maximum absolute atomic E-state index is 6.25. The van der Waals surface area contributed by atoms with Crippen molar-refractivity contribution in [1.29, 1.82) is 0 Å². The van der Waals surface area contributed by atoms with Crippen molar-refractivity contribution in [3.63, 3.8) is 0 Å². The second-order valence-corrected chi connectivity index (χ2v) is 5.85. The zero-order chi connectivity index (χ0) is 13.1. The summed E-state index contributed by atoms with van der Waals surface area (Å²) < 4.78 is 0. The van der Waals surface area contributed by atoms with Crippen LogP contribution in [0.4, 0.5) is 0 Å². The highest BCUT2D eigenvalue weighted by Crippen LogP contribution is 2.22. The number of nitrogens with two attached hydrogens (primary N) is 1. The van der Waals surface area contributed by atoms with Gasteiger partial charge in [0.1, 0.15) is 0 Å². The van der Waals surface area contributed by atoms with Crippen molar-refractivity contribution in [3.05, 3.63) is 34.9 Å². The summed E-state index contributed by atoms with van der Waals surface area (Å²) in [6.45, 7) is 5.37. The normalized spacial score (nSPS) is 24.5. The van der Waals surface area contributed by atoms with E-state index in [0.29, 0.717) is 12.1 Å². The summed E-state index contributed by atoms with van der Waals surface area (Å²) in [5, 5.41) is 0. The van der Waals surface area contributed by atoms with E-state index in [1.54, 1.807) is 0 Å². The molecule has 2 atom stereocenters. The van der Waals surface area contributed by atoms with Crippen LogP contribution in [0, 0.1) is 13.8 Å². The van der Waals surface area contributed by atoms with Crippen LogP contribution in [0.5, 0.6) is 0 Å². The Morgan fingerprint density at radius 2 is 1.89 bits per heavy atom. The van der Waals surface area contributed by atoms with E-state index in [2.05, 4.69) is 44.0 Å². The molecule has 2 unspecified atom stereocenters. The summed E-state index contributed by atoms with van der Waals surface area (Å²) in [6.07, 6.45) is 5.06. The van der Waals surface area contributed by atoms with Crippen molar-refractivity contribution < 1.29 is 0 Å². The quantitative estimate of drug-likeness (QED) is 0.888. The van der Waals surface area contributed by atoms with Crippen molar-refractivity contribution in [1.82, 2.24) is 4.90 Å². The zero-order valence-corrected chi connectivity index (χ0v) is 11.9. The first-order valence-corrected chi connectivity index (χ1v) is 7.10. The van der Waals surface area contributed by atoms with Gasteiger partial charge in [-0.05, 0) is 50.4 Å². The van der Waals surface area contributed by atoms with Crippen molar-refractivity contribution in [2.75, 3.05) is 7.05 Å². The van der Waals surface area contributed by atoms with Gasteiger partial charge in [0.15, 0.2) is 0 Å². The zero-order valence-electron chi connectivity index (χ0n) is 11.9. The highest BCUT2D eigenvalue weighted by atomic mass is 15.1. The SMILES string of the molecule is Cc1ccc(CN(C)C2CCCCC2N)cc1C. The fraction of sp³-hybridized carbons (Fsp3) is 0.625. The molecule has 0 aliphatic heterocycles. The fourth-order valence-electron chi connectivity index (χ4n) is 2.99. The first-order chi connectivity index (χ1) is 8.58. The van der Waals surface area contributed by atoms with E-state index in [1.807, 2.05) is 0 Å². The van der Waals surface area contributed by atoms with Gasteiger partial charge in [-0.1, -0.05) is 31.0 Å². The molecule has 1 aliphatic rings. The maximum atomic E-state index is 6.25. The van der Waals surface area contributed by atoms with E-state index < -0.39 is 0 Å². The van der Waals surface area contributed by atoms with Crippen LogP contribution in [-0.4, -0.2) is 24.0 Å². The molecule has 0 bridgehead atoms. The van der Waals surface area contributed by atoms with Gasteiger partial charge in [0.2, 0.25) is 0 Å². The van der Waals surface area contributed by atoms with Crippen LogP contribution < -0.4 is 5.73 Å². The molecule has 0 radical (unpaired) electrons. The van der Waals surface area contributed by atoms with Crippen LogP contribution in [0.1, 0.15) is 42.4 Å². The summed E-state index contributed by atoms with van der Waals surface area (Å²) >= 11 is 0. The number of hydrogen-bond donors (Lipinski definition) is 1. The second kappa shape index (κ2) is 5.85. The summed E-state index contributed by atoms with van der Waals surface area (Å²) in [5.74, 6) is 0. The first kappa shape index (κ1) is 13.6. The van der Waals surface area contributed by atoms with Gasteiger partial charge < -0.3 is 5.73 Å². The third kappa shape index (κ3) is 3.12. The molecule has 0 amide bonds. The molecule has 1 aliphatic carbocycles. The number of aryl methyl sites for hydroxylation is 2. The maximum Gasteiger partial charge on any atom is 0.0247 e. The molecule has 0 heterocycles. The molecule has 0 saturated heterocycles. The second-order valence-electron chi connectivity index (χ2n) is 5.85. The van der Waals surface area contributed by atoms with Crippen molar-refractivity contribution in [2.45, 2.75) is 58.2 Å². The largest absolute Gasteiger partial charge is 0.326 e. The van der Waals surface area contributed by atoms with Crippen LogP contribution in [0.25, 0.3) is 0 Å². The predicted molar refractivity (Wildman–Crippen MR) is 77.6 cm³/mol. The number of nitrogens with zero attached hydrogens (tertiary/aromatic N) is 1. The Hall–Kier alpha value is -0.860. The minimum absolute atomic E-state index is 0.357. The average Bonchev–Trinajstić information content (AvgIpc) is 2.34. The Kier molecular flexibility index (Phi) is 4.41. The summed E-state index contributed by atoms with van der Waals surface area (Å²) in [6, 6.07) is 7.68. The van der Waals surface area contributed by atoms with Crippen molar-refractivity contribution in [2.24, 2.45) is 5.73 Å². The molecule has 2 rings (SSSR count). The van der Waals surface area contributed by atoms with Gasteiger partial charge in [-0.3, -0.25) is 4.90 Å². The lowest BCUT2D eigenvalue weighted by molar-refractivity contribution is 0.162. The molecule has 1 saturated carbocycles. The highest BCUT2D eigenvalue weighted by molar-refractivity contribution is 5.29. The molecule has 2 N–H and O–H groups in total. The van der Waals surface area contributed by atoms with Crippen molar-refractivity contribution in [3.8, 4) is 0 Å². The lowest BCUT2D eigenvalue weighted by Crippen LogP contribution is -2.47. The molecule has 0 spiro atoms. The van der Waals surface area contributed by atoms with Gasteiger partial charge in [-0.15, -0.1) is 0 Å². The van der Waals surface area contributed by atoms with E-state index in [-0.39, 0.29) is 0 Å². The van der Waals surface area contributed by atoms with E-state index in [4.69, 9.17) is 5.73 Å². The lowest BCUT2D eigenvalue weighted by atomic mass is 9.90. The summed E-state index contributed by atoms with van der Waals surface area (Å²) in [5.41, 5.74) is 10.4. The van der Waals surface area contributed by atoms with Gasteiger partial charge in [-0.2, -0.15) is 0 Å². The Bertz CT molecular complexity index is 400. The molecule has 2 nitrogen and oxygen atoms in total. The molecule has 2 heteroatoms. The molecule has 1 fully saturated rings. The minimum Gasteiger partial charge on any atom is -0.326 e. The van der Waals surface area contributed by atoms with Crippen LogP contribution in [0.15, 0.2) is 18.2 Å². The van der Waals surface area contributed by atoms with Crippen LogP contribution >= 0.6 is 0 Å². The molecule has 1 aromatic carbocycles. The Morgan fingerprint density at radius 3 is 2.56 bits per heavy atom. The van der Waals surface area contributed by atoms with Crippen LogP contribution in [-0.2, 0) is 6.54 Å². The van der Waals surface area contributed by atoms with Gasteiger partial charge in [0.25, 0.3) is 0 Å². The highest BCUT2D eigenvalue weighted by Gasteiger charge is 2.25. The predicted octanol–water partition coefficient (Wildman–Crippen LogP) is 3.01. The summed E-state index contributed by atoms with van der Waals surface area (Å²) in [4.78, 5) is 2.44. The lowest BCUT2D eigenvalue weighted by Gasteiger charge is -2.36. The molecule has 1 aromatic rings. The third-order valence-electron chi connectivity index (χ3n) is 4.35. The monoisotopic (exact) mass is 246 g/mol. The molecule has 0 aromatic heterocycles. The standard InChI is InChI=1S/C16H26N2/c1-12-8-9-14(10-13(12)2)11-18(3)16-7-5-4-6-15(16)17/h8-10,15-16H,4-7,11,17H2,1-3H3. The van der Waals surface area contributed by atoms with E-state index in [0.717, 1.165) is 6.54 Å². The number of hydrogen-bond acceptors (Lipinski definition) is 2. The molecule has 100 valence electrons. The fourth-order valence-corrected chi connectivity index (χ4v) is 2.99. The number of benzene rings is 1. The molecule has 18 heavy (non-hydrogen) atoms. The van der Waals surface area contributed by atoms with E-state index in [9.17, 15) is 0 Å². The Labute approximate surface area is 111 Å². The Balaban J connectivity index is 2.01. The summed E-state index contributed by atoms with van der Waals surface area (Å²) in [7, 11) is 2.21. The van der Waals surface area contributed by atoms with Gasteiger partial charge >= 0.3 is 0 Å². The van der Waals surface area contributed by atoms with Crippen LogP contribution in [0.3, 0.4) is 0 Å².